The monoisotopic (exact) mass is 557 g/mol. The Morgan fingerprint density at radius 2 is 1.51 bits per heavy atom. The third kappa shape index (κ3) is 5.43. The van der Waals surface area contributed by atoms with E-state index in [9.17, 15) is 13.2 Å². The molecule has 0 atom stereocenters. The fourth-order valence-electron chi connectivity index (χ4n) is 4.40. The van der Waals surface area contributed by atoms with E-state index in [2.05, 4.69) is 16.6 Å². The van der Waals surface area contributed by atoms with Crippen LogP contribution in [0, 0.1) is 0 Å². The van der Waals surface area contributed by atoms with Gasteiger partial charge in [0.15, 0.2) is 0 Å². The number of halogens is 1. The summed E-state index contributed by atoms with van der Waals surface area (Å²) in [5, 5.41) is 8.53. The van der Waals surface area contributed by atoms with Crippen molar-refractivity contribution in [2.45, 2.75) is 4.90 Å². The molecule has 5 aromatic rings. The number of hydrazone groups is 1. The van der Waals surface area contributed by atoms with Crippen LogP contribution in [0.5, 0.6) is 5.75 Å². The number of carbonyl (C=O) groups is 1. The Morgan fingerprint density at radius 3 is 2.15 bits per heavy atom. The Kier molecular flexibility index (Phi) is 7.49. The number of sulfonamides is 1. The summed E-state index contributed by atoms with van der Waals surface area (Å²) in [6.45, 7) is -0.554. The molecule has 1 amide bonds. The Balaban J connectivity index is 1.48. The van der Waals surface area contributed by atoms with E-state index in [-0.39, 0.29) is 16.3 Å². The number of methoxy groups -OCH3 is 1. The van der Waals surface area contributed by atoms with Crippen molar-refractivity contribution < 1.29 is 17.9 Å². The number of carbonyl (C=O) groups excluding carboxylic acids is 1. The molecular formula is C30H24ClN3O4S. The van der Waals surface area contributed by atoms with E-state index < -0.39 is 22.5 Å². The Hall–Kier alpha value is -4.40. The van der Waals surface area contributed by atoms with Crippen LogP contribution in [0.1, 0.15) is 5.56 Å². The molecule has 0 spiro atoms. The van der Waals surface area contributed by atoms with Crippen LogP contribution >= 0.6 is 11.6 Å². The van der Waals surface area contributed by atoms with Crippen molar-refractivity contribution in [1.82, 2.24) is 5.43 Å². The van der Waals surface area contributed by atoms with Gasteiger partial charge >= 0.3 is 0 Å². The van der Waals surface area contributed by atoms with E-state index in [4.69, 9.17) is 16.3 Å². The molecule has 0 aliphatic rings. The molecule has 1 N–H and O–H groups in total. The average molecular weight is 558 g/mol. The number of rotatable bonds is 8. The number of ether oxygens (including phenoxy) is 1. The van der Waals surface area contributed by atoms with Crippen molar-refractivity contribution in [2.75, 3.05) is 18.0 Å². The normalized spacial score (nSPS) is 11.6. The maximum absolute atomic E-state index is 13.6. The van der Waals surface area contributed by atoms with E-state index in [1.54, 1.807) is 36.5 Å². The number of nitrogens with one attached hydrogen (secondary N) is 1. The van der Waals surface area contributed by atoms with E-state index in [0.717, 1.165) is 31.4 Å². The zero-order chi connectivity index (χ0) is 27.4. The lowest BCUT2D eigenvalue weighted by atomic mass is 9.97. The second-order valence-corrected chi connectivity index (χ2v) is 11.0. The first-order valence-electron chi connectivity index (χ1n) is 12.0. The summed E-state index contributed by atoms with van der Waals surface area (Å²) in [6.07, 6.45) is 1.58. The standard InChI is InChI=1S/C30H24ClN3O4S/c1-38-29-16-15-23(31)18-28(29)34(39(36,37)24-11-3-2-4-12-24)20-30(35)33-32-19-27-25-13-7-5-9-21(25)17-22-10-6-8-14-26(22)27/h2-19H,20H2,1H3,(H,33,35)/b32-19-. The summed E-state index contributed by atoms with van der Waals surface area (Å²) in [5.74, 6) is -0.394. The zero-order valence-corrected chi connectivity index (χ0v) is 22.5. The minimum atomic E-state index is -4.15. The van der Waals surface area contributed by atoms with Gasteiger partial charge in [0.25, 0.3) is 15.9 Å². The number of amides is 1. The van der Waals surface area contributed by atoms with Crippen LogP contribution in [0.3, 0.4) is 0 Å². The van der Waals surface area contributed by atoms with E-state index in [1.165, 1.54) is 25.3 Å². The molecule has 39 heavy (non-hydrogen) atoms. The minimum Gasteiger partial charge on any atom is -0.495 e. The predicted octanol–water partition coefficient (Wildman–Crippen LogP) is 6.00. The van der Waals surface area contributed by atoms with Gasteiger partial charge in [0.2, 0.25) is 0 Å². The van der Waals surface area contributed by atoms with E-state index in [0.29, 0.717) is 5.02 Å². The SMILES string of the molecule is COc1ccc(Cl)cc1N(CC(=O)N/N=C\c1c2ccccc2cc2ccccc12)S(=O)(=O)c1ccccc1. The Labute approximate surface area is 231 Å². The summed E-state index contributed by atoms with van der Waals surface area (Å²) in [7, 11) is -2.74. The van der Waals surface area contributed by atoms with Crippen LogP contribution in [0.15, 0.2) is 113 Å². The third-order valence-corrected chi connectivity index (χ3v) is 8.23. The molecule has 5 rings (SSSR count). The molecule has 0 saturated carbocycles. The number of hydrogen-bond acceptors (Lipinski definition) is 5. The predicted molar refractivity (Wildman–Crippen MR) is 156 cm³/mol. The highest BCUT2D eigenvalue weighted by Crippen LogP contribution is 2.34. The number of benzene rings is 5. The highest BCUT2D eigenvalue weighted by Gasteiger charge is 2.29. The lowest BCUT2D eigenvalue weighted by molar-refractivity contribution is -0.119. The number of anilines is 1. The van der Waals surface area contributed by atoms with Gasteiger partial charge < -0.3 is 4.74 Å². The van der Waals surface area contributed by atoms with Crippen LogP contribution < -0.4 is 14.5 Å². The molecule has 7 nitrogen and oxygen atoms in total. The van der Waals surface area contributed by atoms with Crippen LogP contribution in [-0.2, 0) is 14.8 Å². The van der Waals surface area contributed by atoms with Gasteiger partial charge in [-0.15, -0.1) is 0 Å². The van der Waals surface area contributed by atoms with Crippen LogP contribution in [0.2, 0.25) is 5.02 Å². The van der Waals surface area contributed by atoms with Gasteiger partial charge in [-0.2, -0.15) is 5.10 Å². The molecule has 0 aromatic heterocycles. The minimum absolute atomic E-state index is 0.0190. The van der Waals surface area contributed by atoms with Crippen molar-refractivity contribution in [3.05, 3.63) is 114 Å². The molecule has 196 valence electrons. The summed E-state index contributed by atoms with van der Waals surface area (Å²) in [5.41, 5.74) is 3.46. The molecule has 0 aliphatic heterocycles. The first-order chi connectivity index (χ1) is 18.9. The zero-order valence-electron chi connectivity index (χ0n) is 20.9. The maximum Gasteiger partial charge on any atom is 0.264 e. The van der Waals surface area contributed by atoms with E-state index in [1.807, 2.05) is 48.5 Å². The number of hydrogen-bond donors (Lipinski definition) is 1. The molecule has 0 aliphatic carbocycles. The summed E-state index contributed by atoms with van der Waals surface area (Å²) < 4.78 is 33.6. The maximum atomic E-state index is 13.6. The summed E-state index contributed by atoms with van der Waals surface area (Å²) in [6, 6.07) is 30.3. The van der Waals surface area contributed by atoms with Crippen molar-refractivity contribution in [2.24, 2.45) is 5.10 Å². The first-order valence-corrected chi connectivity index (χ1v) is 13.8. The molecule has 0 radical (unpaired) electrons. The van der Waals surface area contributed by atoms with Gasteiger partial charge in [0.1, 0.15) is 12.3 Å². The molecule has 0 saturated heterocycles. The van der Waals surface area contributed by atoms with Gasteiger partial charge in [-0.3, -0.25) is 9.10 Å². The smallest absolute Gasteiger partial charge is 0.264 e. The molecule has 5 aromatic carbocycles. The van der Waals surface area contributed by atoms with Crippen molar-refractivity contribution in [1.29, 1.82) is 0 Å². The topological polar surface area (TPSA) is 88.1 Å². The van der Waals surface area contributed by atoms with Gasteiger partial charge in [0, 0.05) is 10.6 Å². The molecule has 0 unspecified atom stereocenters. The molecule has 0 heterocycles. The highest BCUT2D eigenvalue weighted by atomic mass is 35.5. The van der Waals surface area contributed by atoms with Gasteiger partial charge in [-0.1, -0.05) is 78.3 Å². The third-order valence-electron chi connectivity index (χ3n) is 6.22. The van der Waals surface area contributed by atoms with E-state index >= 15 is 0 Å². The summed E-state index contributed by atoms with van der Waals surface area (Å²) >= 11 is 6.20. The molecule has 0 bridgehead atoms. The quantitative estimate of drug-likeness (QED) is 0.144. The largest absolute Gasteiger partial charge is 0.495 e. The average Bonchev–Trinajstić information content (AvgIpc) is 2.96. The molecule has 0 fully saturated rings. The fourth-order valence-corrected chi connectivity index (χ4v) is 6.01. The van der Waals surface area contributed by atoms with Gasteiger partial charge in [0.05, 0.1) is 23.9 Å². The van der Waals surface area contributed by atoms with Gasteiger partial charge in [-0.25, -0.2) is 13.8 Å². The Morgan fingerprint density at radius 1 is 0.897 bits per heavy atom. The lowest BCUT2D eigenvalue weighted by Crippen LogP contribution is -2.39. The highest BCUT2D eigenvalue weighted by molar-refractivity contribution is 7.92. The molecule has 9 heteroatoms. The fraction of sp³-hybridized carbons (Fsp3) is 0.0667. The molecular weight excluding hydrogens is 534 g/mol. The van der Waals surface area contributed by atoms with Crippen molar-refractivity contribution >= 4 is 61.0 Å². The van der Waals surface area contributed by atoms with Crippen molar-refractivity contribution in [3.63, 3.8) is 0 Å². The van der Waals surface area contributed by atoms with Crippen LogP contribution in [0.4, 0.5) is 5.69 Å². The lowest BCUT2D eigenvalue weighted by Gasteiger charge is -2.25. The van der Waals surface area contributed by atoms with Crippen LogP contribution in [0.25, 0.3) is 21.5 Å². The first kappa shape index (κ1) is 26.2. The number of fused-ring (bicyclic) bond motifs is 2. The van der Waals surface area contributed by atoms with Gasteiger partial charge in [-0.05, 0) is 57.9 Å². The second kappa shape index (κ2) is 11.1. The number of nitrogens with zero attached hydrogens (tertiary/aromatic N) is 2. The Bertz CT molecular complexity index is 1750. The van der Waals surface area contributed by atoms with Crippen molar-refractivity contribution in [3.8, 4) is 5.75 Å². The van der Waals surface area contributed by atoms with Crippen LogP contribution in [-0.4, -0.2) is 34.2 Å². The summed E-state index contributed by atoms with van der Waals surface area (Å²) in [4.78, 5) is 13.1. The second-order valence-electron chi connectivity index (χ2n) is 8.67.